The Hall–Kier alpha value is -3.66. The quantitative estimate of drug-likeness (QED) is 0.572. The van der Waals surface area contributed by atoms with Crippen LogP contribution >= 0.6 is 0 Å². The predicted molar refractivity (Wildman–Crippen MR) is 107 cm³/mol. The molecule has 0 spiro atoms. The van der Waals surface area contributed by atoms with Gasteiger partial charge in [-0.1, -0.05) is 0 Å². The molecule has 0 aliphatic heterocycles. The van der Waals surface area contributed by atoms with Gasteiger partial charge in [-0.2, -0.15) is 0 Å². The fourth-order valence-corrected chi connectivity index (χ4v) is 2.34. The zero-order valence-corrected chi connectivity index (χ0v) is 16.9. The number of nitrogens with one attached hydrogen (secondary N) is 1. The number of ether oxygens (including phenoxy) is 2. The van der Waals surface area contributed by atoms with Crippen molar-refractivity contribution in [3.63, 3.8) is 0 Å². The zero-order valence-electron chi connectivity index (χ0n) is 16.9. The summed E-state index contributed by atoms with van der Waals surface area (Å²) in [6.45, 7) is 5.51. The van der Waals surface area contributed by atoms with E-state index < -0.39 is 5.54 Å². The maximum Gasteiger partial charge on any atom is 0.283 e. The van der Waals surface area contributed by atoms with Crippen LogP contribution in [-0.2, 0) is 0 Å². The second-order valence-corrected chi connectivity index (χ2v) is 6.90. The second kappa shape index (κ2) is 9.23. The molecule has 30 heavy (non-hydrogen) atoms. The van der Waals surface area contributed by atoms with E-state index in [1.165, 1.54) is 31.0 Å². The Morgan fingerprint density at radius 2 is 1.77 bits per heavy atom. The minimum Gasteiger partial charge on any atom is -0.474 e. The Morgan fingerprint density at radius 3 is 2.43 bits per heavy atom. The molecule has 0 saturated carbocycles. The van der Waals surface area contributed by atoms with Crippen LogP contribution in [0.2, 0.25) is 0 Å². The van der Waals surface area contributed by atoms with Gasteiger partial charge in [0.05, 0.1) is 30.5 Å². The number of amides is 1. The predicted octanol–water partition coefficient (Wildman–Crippen LogP) is 2.02. The van der Waals surface area contributed by atoms with Crippen LogP contribution < -0.4 is 14.8 Å². The Bertz CT molecular complexity index is 1010. The lowest BCUT2D eigenvalue weighted by atomic mass is 10.1. The van der Waals surface area contributed by atoms with Gasteiger partial charge in [0, 0.05) is 36.5 Å². The van der Waals surface area contributed by atoms with Gasteiger partial charge in [0.2, 0.25) is 0 Å². The molecule has 3 aromatic heterocycles. The third kappa shape index (κ3) is 5.23. The van der Waals surface area contributed by atoms with Crippen molar-refractivity contribution in [1.29, 1.82) is 0 Å². The molecule has 3 heterocycles. The molecular weight excluding hydrogens is 388 g/mol. The smallest absolute Gasteiger partial charge is 0.283 e. The van der Waals surface area contributed by atoms with E-state index in [-0.39, 0.29) is 29.8 Å². The molecule has 3 rings (SSSR count). The Kier molecular flexibility index (Phi) is 6.48. The monoisotopic (exact) mass is 410 g/mol. The van der Waals surface area contributed by atoms with Crippen molar-refractivity contribution in [2.24, 2.45) is 0 Å². The first-order valence-corrected chi connectivity index (χ1v) is 9.24. The normalized spacial score (nSPS) is 11.1. The molecule has 3 aromatic rings. The molecular formula is C20H22N6O4. The van der Waals surface area contributed by atoms with Gasteiger partial charge in [-0.25, -0.2) is 19.9 Å². The van der Waals surface area contributed by atoms with Gasteiger partial charge in [-0.15, -0.1) is 0 Å². The second-order valence-electron chi connectivity index (χ2n) is 6.90. The number of aromatic nitrogens is 5. The molecule has 0 bridgehead atoms. The van der Waals surface area contributed by atoms with Gasteiger partial charge in [0.15, 0.2) is 5.82 Å². The minimum absolute atomic E-state index is 0.188. The summed E-state index contributed by atoms with van der Waals surface area (Å²) in [6.07, 6.45) is 8.94. The molecule has 0 aliphatic rings. The van der Waals surface area contributed by atoms with Crippen LogP contribution in [-0.4, -0.2) is 54.7 Å². The van der Waals surface area contributed by atoms with Crippen LogP contribution in [0.5, 0.6) is 17.5 Å². The van der Waals surface area contributed by atoms with Gasteiger partial charge in [0.25, 0.3) is 17.7 Å². The number of pyridine rings is 1. The molecule has 0 atom stereocenters. The molecule has 0 fully saturated rings. The lowest BCUT2D eigenvalue weighted by Crippen LogP contribution is -2.46. The molecule has 10 nitrogen and oxygen atoms in total. The fraction of sp³-hybridized carbons (Fsp3) is 0.300. The summed E-state index contributed by atoms with van der Waals surface area (Å²) in [7, 11) is 0. The zero-order chi connectivity index (χ0) is 21.6. The van der Waals surface area contributed by atoms with E-state index in [0.29, 0.717) is 23.7 Å². The number of aliphatic hydroxyl groups excluding tert-OH is 1. The first-order chi connectivity index (χ1) is 14.4. The highest BCUT2D eigenvalue weighted by Crippen LogP contribution is 2.28. The Balaban J connectivity index is 1.77. The van der Waals surface area contributed by atoms with E-state index >= 15 is 0 Å². The molecule has 0 aromatic carbocycles. The van der Waals surface area contributed by atoms with Crippen molar-refractivity contribution < 1.29 is 19.4 Å². The van der Waals surface area contributed by atoms with Crippen molar-refractivity contribution >= 4 is 5.91 Å². The van der Waals surface area contributed by atoms with Gasteiger partial charge in [0.1, 0.15) is 5.75 Å². The first-order valence-electron chi connectivity index (χ1n) is 9.24. The summed E-state index contributed by atoms with van der Waals surface area (Å²) >= 11 is 0. The Morgan fingerprint density at radius 1 is 1.07 bits per heavy atom. The summed E-state index contributed by atoms with van der Waals surface area (Å²) in [4.78, 5) is 33.1. The number of rotatable bonds is 8. The SMILES string of the molecule is CCOc1nccnc1Oc1cncc(-c2ncc(C(=O)NC(C)(C)CO)cn2)c1. The lowest BCUT2D eigenvalue weighted by molar-refractivity contribution is 0.0868. The Labute approximate surface area is 173 Å². The summed E-state index contributed by atoms with van der Waals surface area (Å²) in [6, 6.07) is 1.70. The van der Waals surface area contributed by atoms with E-state index in [0.717, 1.165) is 0 Å². The van der Waals surface area contributed by atoms with Crippen molar-refractivity contribution in [3.05, 3.63) is 48.8 Å². The van der Waals surface area contributed by atoms with Gasteiger partial charge >= 0.3 is 0 Å². The van der Waals surface area contributed by atoms with E-state index in [2.05, 4.69) is 30.2 Å². The molecule has 1 amide bonds. The number of aliphatic hydroxyl groups is 1. The van der Waals surface area contributed by atoms with Gasteiger partial charge < -0.3 is 19.9 Å². The highest BCUT2D eigenvalue weighted by molar-refractivity contribution is 5.94. The molecule has 0 saturated heterocycles. The summed E-state index contributed by atoms with van der Waals surface area (Å²) in [5.41, 5.74) is 0.130. The van der Waals surface area contributed by atoms with Gasteiger partial charge in [-0.05, 0) is 26.8 Å². The van der Waals surface area contributed by atoms with E-state index in [1.807, 2.05) is 6.92 Å². The first kappa shape index (κ1) is 21.1. The van der Waals surface area contributed by atoms with Crippen molar-refractivity contribution in [1.82, 2.24) is 30.2 Å². The summed E-state index contributed by atoms with van der Waals surface area (Å²) < 4.78 is 11.2. The molecule has 156 valence electrons. The highest BCUT2D eigenvalue weighted by Gasteiger charge is 2.20. The highest BCUT2D eigenvalue weighted by atomic mass is 16.5. The summed E-state index contributed by atoms with van der Waals surface area (Å²) in [5, 5.41) is 12.0. The number of carbonyl (C=O) groups is 1. The topological polar surface area (TPSA) is 132 Å². The van der Waals surface area contributed by atoms with Crippen LogP contribution in [0, 0.1) is 0 Å². The fourth-order valence-electron chi connectivity index (χ4n) is 2.34. The molecule has 0 unspecified atom stereocenters. The van der Waals surface area contributed by atoms with Crippen LogP contribution in [0.25, 0.3) is 11.4 Å². The lowest BCUT2D eigenvalue weighted by Gasteiger charge is -2.23. The minimum atomic E-state index is -0.744. The van der Waals surface area contributed by atoms with Crippen molar-refractivity contribution in [3.8, 4) is 28.9 Å². The van der Waals surface area contributed by atoms with Crippen molar-refractivity contribution in [2.45, 2.75) is 26.3 Å². The average molecular weight is 410 g/mol. The largest absolute Gasteiger partial charge is 0.474 e. The standard InChI is InChI=1S/C20H22N6O4/c1-4-29-18-19(23-6-5-22-18)30-15-7-13(8-21-11-15)16-24-9-14(10-25-16)17(28)26-20(2,3)12-27/h5-11,27H,4,12H2,1-3H3,(H,26,28). The van der Waals surface area contributed by atoms with E-state index in [9.17, 15) is 9.90 Å². The van der Waals surface area contributed by atoms with E-state index in [1.54, 1.807) is 26.1 Å². The molecule has 2 N–H and O–H groups in total. The van der Waals surface area contributed by atoms with Gasteiger partial charge in [-0.3, -0.25) is 9.78 Å². The number of hydrogen-bond donors (Lipinski definition) is 2. The van der Waals surface area contributed by atoms with Crippen molar-refractivity contribution in [2.75, 3.05) is 13.2 Å². The van der Waals surface area contributed by atoms with Crippen LogP contribution in [0.1, 0.15) is 31.1 Å². The van der Waals surface area contributed by atoms with E-state index in [4.69, 9.17) is 9.47 Å². The third-order valence-electron chi connectivity index (χ3n) is 3.86. The maximum atomic E-state index is 12.3. The third-order valence-corrected chi connectivity index (χ3v) is 3.86. The summed E-state index contributed by atoms with van der Waals surface area (Å²) in [5.74, 6) is 0.904. The molecule has 0 aliphatic carbocycles. The number of hydrogen-bond acceptors (Lipinski definition) is 9. The number of nitrogens with zero attached hydrogens (tertiary/aromatic N) is 5. The number of carbonyl (C=O) groups excluding carboxylic acids is 1. The molecule has 10 heteroatoms. The molecule has 0 radical (unpaired) electrons. The van der Waals surface area contributed by atoms with Crippen LogP contribution in [0.3, 0.4) is 0 Å². The van der Waals surface area contributed by atoms with Crippen LogP contribution in [0.15, 0.2) is 43.2 Å². The average Bonchev–Trinajstić information content (AvgIpc) is 2.75. The maximum absolute atomic E-state index is 12.3. The van der Waals surface area contributed by atoms with Crippen LogP contribution in [0.4, 0.5) is 0 Å².